The molecule has 1 aliphatic carbocycles. The van der Waals surface area contributed by atoms with Crippen LogP contribution in [0.4, 0.5) is 0 Å². The number of amides is 1. The number of fused-ring (bicyclic) bond motifs is 1. The molecule has 0 saturated carbocycles. The number of hydrogen-bond acceptors (Lipinski definition) is 5. The average Bonchev–Trinajstić information content (AvgIpc) is 3.31. The zero-order valence-corrected chi connectivity index (χ0v) is 14.9. The second-order valence-electron chi connectivity index (χ2n) is 5.92. The summed E-state index contributed by atoms with van der Waals surface area (Å²) < 4.78 is 10.2. The molecule has 6 heteroatoms. The van der Waals surface area contributed by atoms with Crippen LogP contribution in [0.3, 0.4) is 0 Å². The van der Waals surface area contributed by atoms with Gasteiger partial charge in [0, 0.05) is 31.6 Å². The van der Waals surface area contributed by atoms with Crippen LogP contribution in [-0.2, 0) is 4.74 Å². The van der Waals surface area contributed by atoms with Gasteiger partial charge < -0.3 is 14.9 Å². The molecular formula is C20H21N3O3. The van der Waals surface area contributed by atoms with Crippen molar-refractivity contribution in [3.63, 3.8) is 0 Å². The molecule has 1 aromatic heterocycles. The summed E-state index contributed by atoms with van der Waals surface area (Å²) >= 11 is 0. The third-order valence-corrected chi connectivity index (χ3v) is 4.26. The summed E-state index contributed by atoms with van der Waals surface area (Å²) in [5.41, 5.74) is 9.91. The number of methoxy groups -OCH3 is 1. The minimum Gasteiger partial charge on any atom is -0.501 e. The van der Waals surface area contributed by atoms with Gasteiger partial charge in [0.25, 0.3) is 5.91 Å². The van der Waals surface area contributed by atoms with E-state index in [4.69, 9.17) is 14.9 Å². The molecular weight excluding hydrogens is 330 g/mol. The summed E-state index contributed by atoms with van der Waals surface area (Å²) in [6.45, 7) is 1.65. The Bertz CT molecular complexity index is 892. The lowest BCUT2D eigenvalue weighted by molar-refractivity contribution is 0.0972. The van der Waals surface area contributed by atoms with E-state index in [0.717, 1.165) is 30.7 Å². The smallest absolute Gasteiger partial charge is 0.286 e. The van der Waals surface area contributed by atoms with Crippen molar-refractivity contribution in [3.05, 3.63) is 70.8 Å². The summed E-state index contributed by atoms with van der Waals surface area (Å²) in [7, 11) is 1.76. The van der Waals surface area contributed by atoms with Crippen molar-refractivity contribution in [2.75, 3.05) is 7.11 Å². The number of benzene rings is 1. The minimum absolute atomic E-state index is 0.104. The van der Waals surface area contributed by atoms with E-state index < -0.39 is 5.91 Å². The first-order valence-electron chi connectivity index (χ1n) is 8.40. The molecule has 6 nitrogen and oxygen atoms in total. The molecule has 0 bridgehead atoms. The number of hydrogen-bond donors (Lipinski definition) is 1. The van der Waals surface area contributed by atoms with Crippen molar-refractivity contribution >= 4 is 17.7 Å². The topological polar surface area (TPSA) is 90.7 Å². The van der Waals surface area contributed by atoms with Crippen LogP contribution in [0.1, 0.15) is 41.3 Å². The highest BCUT2D eigenvalue weighted by Crippen LogP contribution is 2.40. The third kappa shape index (κ3) is 3.74. The van der Waals surface area contributed by atoms with Gasteiger partial charge >= 0.3 is 0 Å². The molecule has 1 aliphatic heterocycles. The largest absolute Gasteiger partial charge is 0.501 e. The van der Waals surface area contributed by atoms with Gasteiger partial charge in [-0.25, -0.2) is 4.98 Å². The Labute approximate surface area is 152 Å². The number of aryl methyl sites for hydroxylation is 1. The lowest BCUT2D eigenvalue weighted by atomic mass is 9.90. The van der Waals surface area contributed by atoms with Crippen LogP contribution >= 0.6 is 0 Å². The van der Waals surface area contributed by atoms with E-state index in [1.165, 1.54) is 22.9 Å². The predicted molar refractivity (Wildman–Crippen MR) is 99.5 cm³/mol. The SMILES string of the molecule is COC1=C2CC=NC2=C(c2ccccc2)CC1.Cc1ncc(C(N)=O)o1. The van der Waals surface area contributed by atoms with E-state index in [-0.39, 0.29) is 5.76 Å². The van der Waals surface area contributed by atoms with E-state index in [1.807, 2.05) is 12.3 Å². The summed E-state index contributed by atoms with van der Waals surface area (Å²) in [5.74, 6) is 1.07. The van der Waals surface area contributed by atoms with Crippen LogP contribution in [0.2, 0.25) is 0 Å². The van der Waals surface area contributed by atoms with Crippen molar-refractivity contribution in [2.45, 2.75) is 26.2 Å². The van der Waals surface area contributed by atoms with Crippen LogP contribution in [0.15, 0.2) is 63.0 Å². The first-order valence-corrected chi connectivity index (χ1v) is 8.40. The highest BCUT2D eigenvalue weighted by atomic mass is 16.5. The Kier molecular flexibility index (Phi) is 5.31. The van der Waals surface area contributed by atoms with E-state index in [0.29, 0.717) is 5.89 Å². The van der Waals surface area contributed by atoms with Gasteiger partial charge in [0.15, 0.2) is 5.89 Å². The molecule has 2 heterocycles. The second kappa shape index (κ2) is 7.82. The number of rotatable bonds is 3. The van der Waals surface area contributed by atoms with Crippen molar-refractivity contribution in [2.24, 2.45) is 10.7 Å². The van der Waals surface area contributed by atoms with Gasteiger partial charge in [0.05, 0.1) is 19.0 Å². The Balaban J connectivity index is 0.000000185. The first kappa shape index (κ1) is 17.7. The normalized spacial score (nSPS) is 15.5. The maximum absolute atomic E-state index is 10.3. The van der Waals surface area contributed by atoms with E-state index in [2.05, 4.69) is 34.2 Å². The average molecular weight is 351 g/mol. The minimum atomic E-state index is -0.587. The zero-order chi connectivity index (χ0) is 18.5. The fourth-order valence-corrected chi connectivity index (χ4v) is 3.04. The van der Waals surface area contributed by atoms with Crippen LogP contribution in [0.5, 0.6) is 0 Å². The zero-order valence-electron chi connectivity index (χ0n) is 14.9. The number of nitrogens with two attached hydrogens (primary N) is 1. The summed E-state index contributed by atoms with van der Waals surface area (Å²) in [4.78, 5) is 18.5. The number of carbonyl (C=O) groups is 1. The van der Waals surface area contributed by atoms with Gasteiger partial charge in [-0.15, -0.1) is 0 Å². The fraction of sp³-hybridized carbons (Fsp3) is 0.250. The predicted octanol–water partition coefficient (Wildman–Crippen LogP) is 3.65. The monoisotopic (exact) mass is 351 g/mol. The molecule has 0 atom stereocenters. The third-order valence-electron chi connectivity index (χ3n) is 4.26. The highest BCUT2D eigenvalue weighted by Gasteiger charge is 2.25. The molecule has 0 unspecified atom stereocenters. The molecule has 2 aliphatic rings. The van der Waals surface area contributed by atoms with Gasteiger partial charge in [-0.2, -0.15) is 0 Å². The van der Waals surface area contributed by atoms with Crippen molar-refractivity contribution in [3.8, 4) is 0 Å². The lowest BCUT2D eigenvalue weighted by Crippen LogP contribution is -2.09. The number of allylic oxidation sites excluding steroid dienone is 3. The molecule has 0 fully saturated rings. The van der Waals surface area contributed by atoms with Crippen LogP contribution in [-0.4, -0.2) is 24.2 Å². The number of aliphatic imine (C=N–C) groups is 1. The number of nitrogens with zero attached hydrogens (tertiary/aromatic N) is 2. The summed E-state index contributed by atoms with van der Waals surface area (Å²) in [5, 5.41) is 0. The van der Waals surface area contributed by atoms with Crippen molar-refractivity contribution in [1.29, 1.82) is 0 Å². The number of ether oxygens (including phenoxy) is 1. The molecule has 0 spiro atoms. The number of aromatic nitrogens is 1. The quantitative estimate of drug-likeness (QED) is 0.914. The number of carbonyl (C=O) groups excluding carboxylic acids is 1. The van der Waals surface area contributed by atoms with Gasteiger partial charge in [-0.05, 0) is 17.6 Å². The van der Waals surface area contributed by atoms with Crippen molar-refractivity contribution < 1.29 is 13.9 Å². The Morgan fingerprint density at radius 1 is 1.19 bits per heavy atom. The molecule has 1 amide bonds. The number of primary amides is 1. The molecule has 0 saturated heterocycles. The van der Waals surface area contributed by atoms with E-state index >= 15 is 0 Å². The fourth-order valence-electron chi connectivity index (χ4n) is 3.04. The molecule has 2 aromatic rings. The molecule has 2 N–H and O–H groups in total. The summed E-state index contributed by atoms with van der Waals surface area (Å²) in [6.07, 6.45) is 6.21. The van der Waals surface area contributed by atoms with Crippen LogP contribution in [0, 0.1) is 6.92 Å². The molecule has 1 aromatic carbocycles. The first-order chi connectivity index (χ1) is 12.6. The van der Waals surface area contributed by atoms with E-state index in [1.54, 1.807) is 14.0 Å². The maximum atomic E-state index is 10.3. The lowest BCUT2D eigenvalue weighted by Gasteiger charge is -2.20. The van der Waals surface area contributed by atoms with Crippen molar-refractivity contribution in [1.82, 2.24) is 4.98 Å². The molecule has 26 heavy (non-hydrogen) atoms. The molecule has 4 rings (SSSR count). The standard InChI is InChI=1S/C15H15NO.C5H6N2O2/c1-17-14-8-7-12(11-5-3-2-4-6-11)15-13(14)9-10-16-15;1-3-7-2-4(9-3)5(6)8/h2-6,10H,7-9H2,1H3;2H,1H3,(H2,6,8). The summed E-state index contributed by atoms with van der Waals surface area (Å²) in [6, 6.07) is 10.5. The van der Waals surface area contributed by atoms with Crippen LogP contribution < -0.4 is 5.73 Å². The van der Waals surface area contributed by atoms with Gasteiger partial charge in [-0.3, -0.25) is 9.79 Å². The Morgan fingerprint density at radius 2 is 1.96 bits per heavy atom. The van der Waals surface area contributed by atoms with Gasteiger partial charge in [0.2, 0.25) is 5.76 Å². The number of oxazole rings is 1. The Hall–Kier alpha value is -3.15. The maximum Gasteiger partial charge on any atom is 0.286 e. The highest BCUT2D eigenvalue weighted by molar-refractivity contribution is 5.89. The second-order valence-corrected chi connectivity index (χ2v) is 5.92. The Morgan fingerprint density at radius 3 is 2.54 bits per heavy atom. The van der Waals surface area contributed by atoms with Gasteiger partial charge in [-0.1, -0.05) is 30.3 Å². The van der Waals surface area contributed by atoms with Gasteiger partial charge in [0.1, 0.15) is 5.76 Å². The van der Waals surface area contributed by atoms with Crippen LogP contribution in [0.25, 0.3) is 5.57 Å². The molecule has 0 radical (unpaired) electrons. The molecule has 134 valence electrons. The van der Waals surface area contributed by atoms with E-state index in [9.17, 15) is 4.79 Å².